The van der Waals surface area contributed by atoms with Gasteiger partial charge >= 0.3 is 0 Å². The number of imidazole rings is 1. The summed E-state index contributed by atoms with van der Waals surface area (Å²) in [5.74, 6) is 0.917. The topological polar surface area (TPSA) is 56.1 Å². The Hall–Kier alpha value is -2.73. The maximum atomic E-state index is 12.6. The van der Waals surface area contributed by atoms with Gasteiger partial charge in [-0.3, -0.25) is 9.36 Å². The molecule has 1 amide bonds. The van der Waals surface area contributed by atoms with Gasteiger partial charge in [-0.2, -0.15) is 0 Å². The van der Waals surface area contributed by atoms with Gasteiger partial charge in [-0.05, 0) is 56.9 Å². The summed E-state index contributed by atoms with van der Waals surface area (Å²) in [4.78, 5) is 17.5. The van der Waals surface area contributed by atoms with Crippen molar-refractivity contribution in [1.29, 1.82) is 0 Å². The van der Waals surface area contributed by atoms with Gasteiger partial charge in [0.15, 0.2) is 5.16 Å². The third kappa shape index (κ3) is 4.48. The molecule has 1 aliphatic rings. The Balaban J connectivity index is 1.52. The van der Waals surface area contributed by atoms with E-state index in [-0.39, 0.29) is 5.91 Å². The fraction of sp³-hybridized carbons (Fsp3) is 0.304. The fourth-order valence-corrected chi connectivity index (χ4v) is 4.48. The molecule has 29 heavy (non-hydrogen) atoms. The molecule has 1 aromatic heterocycles. The second-order valence-electron chi connectivity index (χ2n) is 6.93. The number of aryl methyl sites for hydroxylation is 1. The Morgan fingerprint density at radius 2 is 1.86 bits per heavy atom. The van der Waals surface area contributed by atoms with Gasteiger partial charge < -0.3 is 10.1 Å². The van der Waals surface area contributed by atoms with Crippen molar-refractivity contribution in [3.63, 3.8) is 0 Å². The van der Waals surface area contributed by atoms with Crippen LogP contribution in [-0.2, 0) is 17.6 Å². The number of anilines is 1. The molecule has 0 fully saturated rings. The third-order valence-electron chi connectivity index (χ3n) is 4.91. The Kier molecular flexibility index (Phi) is 6.20. The third-order valence-corrected chi connectivity index (χ3v) is 5.85. The van der Waals surface area contributed by atoms with Gasteiger partial charge in [0.25, 0.3) is 0 Å². The average Bonchev–Trinajstić information content (AvgIpc) is 3.13. The number of aromatic nitrogens is 2. The van der Waals surface area contributed by atoms with Crippen LogP contribution in [0.2, 0.25) is 0 Å². The summed E-state index contributed by atoms with van der Waals surface area (Å²) in [6, 6.07) is 17.8. The summed E-state index contributed by atoms with van der Waals surface area (Å²) in [5.41, 5.74) is 4.26. The molecule has 1 aliphatic carbocycles. The maximum absolute atomic E-state index is 12.6. The van der Waals surface area contributed by atoms with E-state index in [9.17, 15) is 4.79 Å². The minimum absolute atomic E-state index is 0.0669. The molecule has 0 saturated carbocycles. The Morgan fingerprint density at radius 1 is 1.10 bits per heavy atom. The highest BCUT2D eigenvalue weighted by Crippen LogP contribution is 2.31. The standard InChI is InChI=1S/C23H25N3O2S/c1-2-28-21-15-9-7-13-19(21)24-22(27)16-29-23-25-18-12-6-8-14-20(18)26(23)17-10-4-3-5-11-17/h3-5,7,9-11,13,15H,2,6,8,12,14,16H2,1H3,(H,24,27). The second-order valence-corrected chi connectivity index (χ2v) is 7.87. The fourth-order valence-electron chi connectivity index (χ4n) is 3.62. The van der Waals surface area contributed by atoms with Crippen LogP contribution in [0.1, 0.15) is 31.2 Å². The summed E-state index contributed by atoms with van der Waals surface area (Å²) < 4.78 is 7.82. The lowest BCUT2D eigenvalue weighted by Gasteiger charge is -2.15. The Labute approximate surface area is 175 Å². The smallest absolute Gasteiger partial charge is 0.234 e. The molecule has 0 spiro atoms. The van der Waals surface area contributed by atoms with Crippen LogP contribution in [-0.4, -0.2) is 27.8 Å². The molecule has 0 unspecified atom stereocenters. The molecule has 4 rings (SSSR count). The molecular weight excluding hydrogens is 382 g/mol. The predicted molar refractivity (Wildman–Crippen MR) is 117 cm³/mol. The van der Waals surface area contributed by atoms with E-state index in [1.807, 2.05) is 49.4 Å². The van der Waals surface area contributed by atoms with Gasteiger partial charge in [0.1, 0.15) is 5.75 Å². The average molecular weight is 408 g/mol. The number of benzene rings is 2. The van der Waals surface area contributed by atoms with E-state index >= 15 is 0 Å². The highest BCUT2D eigenvalue weighted by molar-refractivity contribution is 7.99. The predicted octanol–water partition coefficient (Wildman–Crippen LogP) is 4.88. The van der Waals surface area contributed by atoms with Crippen LogP contribution in [0.3, 0.4) is 0 Å². The number of carbonyl (C=O) groups excluding carboxylic acids is 1. The maximum Gasteiger partial charge on any atom is 0.234 e. The molecule has 2 aromatic carbocycles. The van der Waals surface area contributed by atoms with Crippen LogP contribution >= 0.6 is 11.8 Å². The summed E-state index contributed by atoms with van der Waals surface area (Å²) >= 11 is 1.48. The minimum atomic E-state index is -0.0669. The number of thioether (sulfide) groups is 1. The molecule has 0 bridgehead atoms. The highest BCUT2D eigenvalue weighted by atomic mass is 32.2. The van der Waals surface area contributed by atoms with Gasteiger partial charge in [0.05, 0.1) is 23.7 Å². The minimum Gasteiger partial charge on any atom is -0.492 e. The SMILES string of the molecule is CCOc1ccccc1NC(=O)CSc1nc2c(n1-c1ccccc1)CCCC2. The number of ether oxygens (including phenoxy) is 1. The van der Waals surface area contributed by atoms with Gasteiger partial charge in [-0.15, -0.1) is 0 Å². The summed E-state index contributed by atoms with van der Waals surface area (Å²) in [5, 5.41) is 3.85. The molecular formula is C23H25N3O2S. The molecule has 3 aromatic rings. The zero-order chi connectivity index (χ0) is 20.1. The summed E-state index contributed by atoms with van der Waals surface area (Å²) in [6.45, 7) is 2.49. The number of amides is 1. The van der Waals surface area contributed by atoms with Gasteiger partial charge in [0.2, 0.25) is 5.91 Å². The first-order valence-electron chi connectivity index (χ1n) is 10.1. The van der Waals surface area contributed by atoms with Crippen LogP contribution in [0.15, 0.2) is 59.8 Å². The van der Waals surface area contributed by atoms with E-state index in [1.165, 1.54) is 36.0 Å². The first-order chi connectivity index (χ1) is 14.3. The Bertz CT molecular complexity index is 985. The molecule has 1 heterocycles. The number of hydrogen-bond donors (Lipinski definition) is 1. The molecule has 0 saturated heterocycles. The number of rotatable bonds is 7. The van der Waals surface area contributed by atoms with Crippen molar-refractivity contribution in [2.75, 3.05) is 17.7 Å². The first-order valence-corrected chi connectivity index (χ1v) is 11.0. The molecule has 1 N–H and O–H groups in total. The number of fused-ring (bicyclic) bond motifs is 1. The largest absolute Gasteiger partial charge is 0.492 e. The lowest BCUT2D eigenvalue weighted by atomic mass is 10.0. The van der Waals surface area contributed by atoms with Crippen molar-refractivity contribution < 1.29 is 9.53 Å². The number of para-hydroxylation sites is 3. The van der Waals surface area contributed by atoms with Crippen molar-refractivity contribution >= 4 is 23.4 Å². The van der Waals surface area contributed by atoms with Crippen LogP contribution in [0.5, 0.6) is 5.75 Å². The zero-order valence-electron chi connectivity index (χ0n) is 16.6. The zero-order valence-corrected chi connectivity index (χ0v) is 17.4. The van der Waals surface area contributed by atoms with E-state index in [0.717, 1.165) is 23.7 Å². The van der Waals surface area contributed by atoms with Crippen molar-refractivity contribution in [3.8, 4) is 11.4 Å². The molecule has 0 radical (unpaired) electrons. The first kappa shape index (κ1) is 19.6. The van der Waals surface area contributed by atoms with E-state index < -0.39 is 0 Å². The monoisotopic (exact) mass is 407 g/mol. The van der Waals surface area contributed by atoms with E-state index in [1.54, 1.807) is 0 Å². The van der Waals surface area contributed by atoms with Crippen LogP contribution in [0.25, 0.3) is 5.69 Å². The lowest BCUT2D eigenvalue weighted by molar-refractivity contribution is -0.113. The van der Waals surface area contributed by atoms with Crippen LogP contribution in [0, 0.1) is 0 Å². The van der Waals surface area contributed by atoms with Crippen molar-refractivity contribution in [3.05, 3.63) is 66.0 Å². The molecule has 0 atom stereocenters. The Morgan fingerprint density at radius 3 is 2.69 bits per heavy atom. The molecule has 0 aliphatic heterocycles. The van der Waals surface area contributed by atoms with Crippen LogP contribution < -0.4 is 10.1 Å². The number of nitrogens with one attached hydrogen (secondary N) is 1. The van der Waals surface area contributed by atoms with Crippen LogP contribution in [0.4, 0.5) is 5.69 Å². The molecule has 150 valence electrons. The van der Waals surface area contributed by atoms with E-state index in [0.29, 0.717) is 23.8 Å². The second kappa shape index (κ2) is 9.18. The normalized spacial score (nSPS) is 13.0. The van der Waals surface area contributed by atoms with Crippen molar-refractivity contribution in [1.82, 2.24) is 9.55 Å². The van der Waals surface area contributed by atoms with Gasteiger partial charge in [0, 0.05) is 11.4 Å². The van der Waals surface area contributed by atoms with Crippen molar-refractivity contribution in [2.45, 2.75) is 37.8 Å². The summed E-state index contributed by atoms with van der Waals surface area (Å²) in [6.07, 6.45) is 4.41. The molecule has 5 nitrogen and oxygen atoms in total. The number of carbonyl (C=O) groups is 1. The quantitative estimate of drug-likeness (QED) is 0.567. The highest BCUT2D eigenvalue weighted by Gasteiger charge is 2.22. The van der Waals surface area contributed by atoms with Gasteiger partial charge in [-0.1, -0.05) is 42.1 Å². The number of nitrogens with zero attached hydrogens (tertiary/aromatic N) is 2. The lowest BCUT2D eigenvalue weighted by Crippen LogP contribution is -2.15. The molecule has 6 heteroatoms. The number of hydrogen-bond acceptors (Lipinski definition) is 4. The van der Waals surface area contributed by atoms with Gasteiger partial charge in [-0.25, -0.2) is 4.98 Å². The van der Waals surface area contributed by atoms with E-state index in [4.69, 9.17) is 9.72 Å². The van der Waals surface area contributed by atoms with Crippen molar-refractivity contribution in [2.24, 2.45) is 0 Å². The van der Waals surface area contributed by atoms with E-state index in [2.05, 4.69) is 22.0 Å². The summed E-state index contributed by atoms with van der Waals surface area (Å²) in [7, 11) is 0.